The molecule has 0 aliphatic carbocycles. The van der Waals surface area contributed by atoms with Crippen molar-refractivity contribution in [2.75, 3.05) is 19.0 Å². The fourth-order valence-electron chi connectivity index (χ4n) is 3.95. The summed E-state index contributed by atoms with van der Waals surface area (Å²) >= 11 is 0. The zero-order valence-corrected chi connectivity index (χ0v) is 20.2. The molecule has 1 unspecified atom stereocenters. The molecular formula is C25H29F3N4O3. The van der Waals surface area contributed by atoms with Gasteiger partial charge in [-0.1, -0.05) is 12.1 Å². The van der Waals surface area contributed by atoms with E-state index in [2.05, 4.69) is 10.9 Å². The Bertz CT molecular complexity index is 1150. The summed E-state index contributed by atoms with van der Waals surface area (Å²) < 4.78 is 40.4. The number of carbonyl (C=O) groups excluding carboxylic acids is 2. The van der Waals surface area contributed by atoms with Crippen molar-refractivity contribution >= 4 is 28.8 Å². The highest BCUT2D eigenvalue weighted by Crippen LogP contribution is 2.45. The molecule has 0 radical (unpaired) electrons. The lowest BCUT2D eigenvalue weighted by Crippen LogP contribution is -2.41. The maximum Gasteiger partial charge on any atom is 0.416 e. The largest absolute Gasteiger partial charge is 0.416 e. The number of nitrogens with zero attached hydrogens (tertiary/aromatic N) is 2. The molecule has 0 saturated heterocycles. The van der Waals surface area contributed by atoms with Crippen molar-refractivity contribution in [2.24, 2.45) is 0 Å². The molecule has 35 heavy (non-hydrogen) atoms. The number of hydrogen-bond acceptors (Lipinski definition) is 5. The van der Waals surface area contributed by atoms with Crippen molar-refractivity contribution in [3.8, 4) is 0 Å². The smallest absolute Gasteiger partial charge is 0.377 e. The van der Waals surface area contributed by atoms with Gasteiger partial charge in [-0.05, 0) is 62.6 Å². The maximum absolute atomic E-state index is 13.5. The molecule has 1 aliphatic heterocycles. The number of allylic oxidation sites excluding steroid dienone is 1. The highest BCUT2D eigenvalue weighted by Gasteiger charge is 2.39. The highest BCUT2D eigenvalue weighted by atomic mass is 19.4. The van der Waals surface area contributed by atoms with Crippen molar-refractivity contribution in [3.05, 3.63) is 64.3 Å². The number of aliphatic hydroxyl groups excluding tert-OH is 1. The first-order valence-electron chi connectivity index (χ1n) is 11.0. The molecule has 10 heteroatoms. The van der Waals surface area contributed by atoms with E-state index >= 15 is 0 Å². The Morgan fingerprint density at radius 1 is 1.11 bits per heavy atom. The van der Waals surface area contributed by atoms with Crippen LogP contribution in [0.4, 0.5) is 24.5 Å². The summed E-state index contributed by atoms with van der Waals surface area (Å²) in [5.41, 5.74) is 7.72. The van der Waals surface area contributed by atoms with E-state index in [9.17, 15) is 27.9 Å². The summed E-state index contributed by atoms with van der Waals surface area (Å²) in [7, 11) is 3.23. The van der Waals surface area contributed by atoms with Gasteiger partial charge in [-0.15, -0.1) is 0 Å². The first-order valence-corrected chi connectivity index (χ1v) is 11.0. The summed E-state index contributed by atoms with van der Waals surface area (Å²) in [5, 5.41) is 10.2. The zero-order valence-electron chi connectivity index (χ0n) is 20.2. The van der Waals surface area contributed by atoms with Gasteiger partial charge < -0.3 is 15.4 Å². The van der Waals surface area contributed by atoms with Gasteiger partial charge in [0.15, 0.2) is 0 Å². The molecule has 3 rings (SSSR count). The molecule has 1 aliphatic rings. The molecule has 1 heterocycles. The normalized spacial score (nSPS) is 15.7. The molecule has 2 aromatic rings. The van der Waals surface area contributed by atoms with Gasteiger partial charge in [0.05, 0.1) is 16.8 Å². The SMILES string of the molecule is C/C(NNC(O)CCC(=O)N(C)C)=C1/C(=O)N(c2cc(C)cc(C)c2)c2cc(C(F)(F)F)ccc21. The van der Waals surface area contributed by atoms with Gasteiger partial charge in [0.1, 0.15) is 6.23 Å². The van der Waals surface area contributed by atoms with Gasteiger partial charge >= 0.3 is 6.18 Å². The average Bonchev–Trinajstić information content (AvgIpc) is 3.05. The van der Waals surface area contributed by atoms with Crippen molar-refractivity contribution in [2.45, 2.75) is 46.0 Å². The number of aliphatic hydroxyl groups is 1. The standard InChI is InChI=1S/C25H29F3N4O3/c1-14-10-15(2)12-18(11-14)32-20-13-17(25(26,27)28)6-7-19(20)23(24(32)35)16(3)29-30-21(33)8-9-22(34)31(4)5/h6-7,10-13,21,29-30,33H,8-9H2,1-5H3/b23-16-. The lowest BCUT2D eigenvalue weighted by atomic mass is 10.0. The first kappa shape index (κ1) is 26.2. The number of carbonyl (C=O) groups is 2. The van der Waals surface area contributed by atoms with Gasteiger partial charge in [0, 0.05) is 37.5 Å². The van der Waals surface area contributed by atoms with E-state index in [-0.39, 0.29) is 30.0 Å². The second-order valence-electron chi connectivity index (χ2n) is 8.83. The highest BCUT2D eigenvalue weighted by molar-refractivity contribution is 6.35. The number of rotatable bonds is 7. The third-order valence-corrected chi connectivity index (χ3v) is 5.65. The first-order chi connectivity index (χ1) is 16.3. The molecule has 0 spiro atoms. The summed E-state index contributed by atoms with van der Waals surface area (Å²) in [5.74, 6) is -0.640. The van der Waals surface area contributed by atoms with Crippen LogP contribution in [0.5, 0.6) is 0 Å². The fraction of sp³-hybridized carbons (Fsp3) is 0.360. The van der Waals surface area contributed by atoms with Crippen LogP contribution in [-0.4, -0.2) is 42.1 Å². The number of fused-ring (bicyclic) bond motifs is 1. The van der Waals surface area contributed by atoms with Crippen LogP contribution in [0.3, 0.4) is 0 Å². The summed E-state index contributed by atoms with van der Waals surface area (Å²) in [6.07, 6.45) is -5.42. The Hall–Kier alpha value is -3.37. The number of anilines is 2. The van der Waals surface area contributed by atoms with Crippen LogP contribution in [0, 0.1) is 13.8 Å². The molecule has 3 N–H and O–H groups in total. The fourth-order valence-corrected chi connectivity index (χ4v) is 3.95. The van der Waals surface area contributed by atoms with Gasteiger partial charge in [0.2, 0.25) is 5.91 Å². The lowest BCUT2D eigenvalue weighted by Gasteiger charge is -2.20. The molecule has 0 aromatic heterocycles. The Balaban J connectivity index is 1.96. The van der Waals surface area contributed by atoms with Gasteiger partial charge in [-0.25, -0.2) is 5.43 Å². The van der Waals surface area contributed by atoms with Gasteiger partial charge in [-0.2, -0.15) is 13.2 Å². The Labute approximate surface area is 202 Å². The molecule has 1 atom stereocenters. The maximum atomic E-state index is 13.5. The van der Waals surface area contributed by atoms with Gasteiger partial charge in [0.25, 0.3) is 5.91 Å². The Morgan fingerprint density at radius 3 is 2.31 bits per heavy atom. The topological polar surface area (TPSA) is 84.9 Å². The van der Waals surface area contributed by atoms with E-state index in [1.165, 1.54) is 15.9 Å². The van der Waals surface area contributed by atoms with Crippen LogP contribution in [0.2, 0.25) is 0 Å². The second kappa shape index (κ2) is 10.1. The van der Waals surface area contributed by atoms with E-state index in [1.807, 2.05) is 19.9 Å². The second-order valence-corrected chi connectivity index (χ2v) is 8.83. The summed E-state index contributed by atoms with van der Waals surface area (Å²) in [4.78, 5) is 27.9. The van der Waals surface area contributed by atoms with Crippen molar-refractivity contribution < 1.29 is 27.9 Å². The van der Waals surface area contributed by atoms with E-state index in [1.54, 1.807) is 33.2 Å². The molecule has 188 valence electrons. The number of alkyl halides is 3. The van der Waals surface area contributed by atoms with Gasteiger partial charge in [-0.3, -0.25) is 14.5 Å². The molecule has 2 amide bonds. The van der Waals surface area contributed by atoms with E-state index in [4.69, 9.17) is 0 Å². The van der Waals surface area contributed by atoms with Crippen LogP contribution in [0.1, 0.15) is 42.0 Å². The predicted octanol–water partition coefficient (Wildman–Crippen LogP) is 4.01. The minimum absolute atomic E-state index is 0.112. The number of nitrogens with one attached hydrogen (secondary N) is 2. The van der Waals surface area contributed by atoms with E-state index < -0.39 is 23.9 Å². The monoisotopic (exact) mass is 490 g/mol. The number of benzene rings is 2. The van der Waals surface area contributed by atoms with Crippen molar-refractivity contribution in [1.29, 1.82) is 0 Å². The number of amides is 2. The third kappa shape index (κ3) is 5.83. The van der Waals surface area contributed by atoms with Crippen LogP contribution < -0.4 is 15.8 Å². The number of halogens is 3. The minimum Gasteiger partial charge on any atom is -0.377 e. The minimum atomic E-state index is -4.57. The Kier molecular flexibility index (Phi) is 7.56. The van der Waals surface area contributed by atoms with Crippen LogP contribution in [0.15, 0.2) is 42.1 Å². The average molecular weight is 491 g/mol. The van der Waals surface area contributed by atoms with E-state index in [0.29, 0.717) is 16.9 Å². The van der Waals surface area contributed by atoms with Crippen molar-refractivity contribution in [3.63, 3.8) is 0 Å². The summed E-state index contributed by atoms with van der Waals surface area (Å²) in [6.45, 7) is 5.28. The Morgan fingerprint density at radius 2 is 1.74 bits per heavy atom. The molecule has 0 fully saturated rings. The zero-order chi connectivity index (χ0) is 26.1. The van der Waals surface area contributed by atoms with Crippen LogP contribution >= 0.6 is 0 Å². The number of hydrazine groups is 1. The third-order valence-electron chi connectivity index (χ3n) is 5.65. The number of hydrogen-bond donors (Lipinski definition) is 3. The van der Waals surface area contributed by atoms with Crippen molar-refractivity contribution in [1.82, 2.24) is 15.8 Å². The molecule has 7 nitrogen and oxygen atoms in total. The molecule has 0 saturated carbocycles. The lowest BCUT2D eigenvalue weighted by molar-refractivity contribution is -0.137. The number of aryl methyl sites for hydroxylation is 2. The van der Waals surface area contributed by atoms with Crippen LogP contribution in [-0.2, 0) is 15.8 Å². The predicted molar refractivity (Wildman–Crippen MR) is 127 cm³/mol. The molecular weight excluding hydrogens is 461 g/mol. The van der Waals surface area contributed by atoms with Crippen LogP contribution in [0.25, 0.3) is 5.57 Å². The molecule has 2 aromatic carbocycles. The summed E-state index contributed by atoms with van der Waals surface area (Å²) in [6, 6.07) is 8.59. The quantitative estimate of drug-likeness (QED) is 0.310. The van der Waals surface area contributed by atoms with E-state index in [0.717, 1.165) is 23.3 Å². The molecule has 0 bridgehead atoms.